The highest BCUT2D eigenvalue weighted by Crippen LogP contribution is 2.32. The molecule has 0 aliphatic carbocycles. The molecular weight excluding hydrogens is 326 g/mol. The Hall–Kier alpha value is -1.53. The first-order chi connectivity index (χ1) is 11.5. The molecule has 0 aromatic heterocycles. The van der Waals surface area contributed by atoms with Crippen LogP contribution in [-0.4, -0.2) is 39.0 Å². The molecule has 6 heteroatoms. The summed E-state index contributed by atoms with van der Waals surface area (Å²) >= 11 is 0. The lowest BCUT2D eigenvalue weighted by molar-refractivity contribution is 0.308. The summed E-state index contributed by atoms with van der Waals surface area (Å²) in [6, 6.07) is 4.78. The first-order valence-corrected chi connectivity index (χ1v) is 9.88. The zero-order valence-electron chi connectivity index (χ0n) is 14.7. The Kier molecular flexibility index (Phi) is 6.69. The van der Waals surface area contributed by atoms with E-state index < -0.39 is 10.0 Å². The van der Waals surface area contributed by atoms with Crippen LogP contribution < -0.4 is 9.47 Å². The Morgan fingerprint density at radius 1 is 1.17 bits per heavy atom. The molecule has 0 amide bonds. The van der Waals surface area contributed by atoms with Gasteiger partial charge < -0.3 is 9.47 Å². The summed E-state index contributed by atoms with van der Waals surface area (Å²) in [6.45, 7) is 4.76. The fraction of sp³-hybridized carbons (Fsp3) is 0.556. The minimum absolute atomic E-state index is 0.106. The topological polar surface area (TPSA) is 55.8 Å². The summed E-state index contributed by atoms with van der Waals surface area (Å²) in [5.41, 5.74) is 0. The normalized spacial score (nSPS) is 20.8. The SMILES string of the molecule is COc1ccc2c(c1)OCC/C=C\CCCCN(C(C)C)S2(=O)=O. The van der Waals surface area contributed by atoms with Crippen molar-refractivity contribution in [2.75, 3.05) is 20.3 Å². The van der Waals surface area contributed by atoms with Gasteiger partial charge >= 0.3 is 0 Å². The molecule has 0 spiro atoms. The molecule has 1 heterocycles. The van der Waals surface area contributed by atoms with Crippen molar-refractivity contribution in [3.05, 3.63) is 30.4 Å². The number of allylic oxidation sites excluding steroid dienone is 1. The van der Waals surface area contributed by atoms with Crippen LogP contribution in [0.2, 0.25) is 0 Å². The van der Waals surface area contributed by atoms with Crippen LogP contribution in [-0.2, 0) is 10.0 Å². The van der Waals surface area contributed by atoms with E-state index in [2.05, 4.69) is 12.2 Å². The van der Waals surface area contributed by atoms with Gasteiger partial charge in [0.05, 0.1) is 13.7 Å². The summed E-state index contributed by atoms with van der Waals surface area (Å²) in [5.74, 6) is 0.938. The monoisotopic (exact) mass is 353 g/mol. The lowest BCUT2D eigenvalue weighted by Crippen LogP contribution is -2.37. The predicted molar refractivity (Wildman–Crippen MR) is 95.1 cm³/mol. The fourth-order valence-corrected chi connectivity index (χ4v) is 4.52. The Bertz CT molecular complexity index is 668. The Morgan fingerprint density at radius 2 is 1.92 bits per heavy atom. The summed E-state index contributed by atoms with van der Waals surface area (Å²) in [5, 5.41) is 0. The van der Waals surface area contributed by atoms with Crippen molar-refractivity contribution in [2.24, 2.45) is 0 Å². The third-order valence-electron chi connectivity index (χ3n) is 4.02. The van der Waals surface area contributed by atoms with Gasteiger partial charge in [0.25, 0.3) is 0 Å². The molecule has 1 aromatic carbocycles. The molecular formula is C18H27NO4S. The van der Waals surface area contributed by atoms with Gasteiger partial charge in [-0.05, 0) is 51.7 Å². The van der Waals surface area contributed by atoms with E-state index in [9.17, 15) is 8.42 Å². The summed E-state index contributed by atoms with van der Waals surface area (Å²) in [4.78, 5) is 0.209. The molecule has 24 heavy (non-hydrogen) atoms. The molecule has 0 saturated heterocycles. The number of rotatable bonds is 2. The van der Waals surface area contributed by atoms with Crippen LogP contribution in [0, 0.1) is 0 Å². The Balaban J connectivity index is 2.46. The second kappa shape index (κ2) is 8.53. The first kappa shape index (κ1) is 18.8. The maximum atomic E-state index is 13.2. The lowest BCUT2D eigenvalue weighted by atomic mass is 10.2. The molecule has 1 aromatic rings. The van der Waals surface area contributed by atoms with Crippen LogP contribution in [0.15, 0.2) is 35.2 Å². The number of methoxy groups -OCH3 is 1. The standard InChI is InChI=1S/C18H27NO4S/c1-15(2)19-12-8-6-4-5-7-9-13-23-17-14-16(22-3)10-11-18(17)24(19,20)21/h5,7,10-11,14-15H,4,6,8-9,12-13H2,1-3H3/b7-5-. The van der Waals surface area contributed by atoms with E-state index in [1.807, 2.05) is 13.8 Å². The molecule has 0 unspecified atom stereocenters. The highest BCUT2D eigenvalue weighted by atomic mass is 32.2. The molecule has 0 fully saturated rings. The third-order valence-corrected chi connectivity index (χ3v) is 6.14. The molecule has 1 aliphatic heterocycles. The van der Waals surface area contributed by atoms with E-state index in [0.29, 0.717) is 24.7 Å². The van der Waals surface area contributed by atoms with Gasteiger partial charge in [0.15, 0.2) is 0 Å². The van der Waals surface area contributed by atoms with E-state index in [-0.39, 0.29) is 10.9 Å². The van der Waals surface area contributed by atoms with Crippen molar-refractivity contribution < 1.29 is 17.9 Å². The van der Waals surface area contributed by atoms with Gasteiger partial charge in [-0.2, -0.15) is 4.31 Å². The quantitative estimate of drug-likeness (QED) is 0.762. The zero-order chi connectivity index (χ0) is 17.6. The summed E-state index contributed by atoms with van der Waals surface area (Å²) in [6.07, 6.45) is 7.77. The van der Waals surface area contributed by atoms with Gasteiger partial charge in [0, 0.05) is 18.7 Å². The van der Waals surface area contributed by atoms with E-state index in [0.717, 1.165) is 25.7 Å². The fourth-order valence-electron chi connectivity index (χ4n) is 2.73. The minimum atomic E-state index is -3.61. The van der Waals surface area contributed by atoms with Crippen molar-refractivity contribution in [3.8, 4) is 11.5 Å². The van der Waals surface area contributed by atoms with Gasteiger partial charge in [0.1, 0.15) is 16.4 Å². The smallest absolute Gasteiger partial charge is 0.246 e. The van der Waals surface area contributed by atoms with E-state index in [4.69, 9.17) is 9.47 Å². The van der Waals surface area contributed by atoms with Crippen LogP contribution in [0.5, 0.6) is 11.5 Å². The maximum absolute atomic E-state index is 13.2. The third kappa shape index (κ3) is 4.51. The number of benzene rings is 1. The van der Waals surface area contributed by atoms with E-state index in [1.165, 1.54) is 0 Å². The predicted octanol–water partition coefficient (Wildman–Crippen LogP) is 3.60. The minimum Gasteiger partial charge on any atom is -0.497 e. The summed E-state index contributed by atoms with van der Waals surface area (Å²) < 4.78 is 38.9. The lowest BCUT2D eigenvalue weighted by Gasteiger charge is -2.27. The van der Waals surface area contributed by atoms with Gasteiger partial charge in [0.2, 0.25) is 10.0 Å². The second-order valence-electron chi connectivity index (χ2n) is 6.13. The first-order valence-electron chi connectivity index (χ1n) is 8.44. The molecule has 134 valence electrons. The highest BCUT2D eigenvalue weighted by molar-refractivity contribution is 7.89. The number of ether oxygens (including phenoxy) is 2. The molecule has 2 rings (SSSR count). The van der Waals surface area contributed by atoms with Crippen LogP contribution in [0.4, 0.5) is 0 Å². The molecule has 0 radical (unpaired) electrons. The summed E-state index contributed by atoms with van der Waals surface area (Å²) in [7, 11) is -2.06. The second-order valence-corrected chi connectivity index (χ2v) is 7.99. The Labute approximate surface area is 145 Å². The molecule has 0 saturated carbocycles. The molecule has 0 bridgehead atoms. The number of fused-ring (bicyclic) bond motifs is 1. The molecule has 5 nitrogen and oxygen atoms in total. The van der Waals surface area contributed by atoms with Crippen molar-refractivity contribution in [1.29, 1.82) is 0 Å². The zero-order valence-corrected chi connectivity index (χ0v) is 15.5. The maximum Gasteiger partial charge on any atom is 0.246 e. The van der Waals surface area contributed by atoms with Crippen molar-refractivity contribution in [2.45, 2.75) is 50.5 Å². The number of sulfonamides is 1. The molecule has 0 N–H and O–H groups in total. The van der Waals surface area contributed by atoms with Crippen LogP contribution in [0.25, 0.3) is 0 Å². The van der Waals surface area contributed by atoms with Gasteiger partial charge in [-0.3, -0.25) is 0 Å². The van der Waals surface area contributed by atoms with E-state index in [1.54, 1.807) is 29.6 Å². The Morgan fingerprint density at radius 3 is 2.62 bits per heavy atom. The average Bonchev–Trinajstić information content (AvgIpc) is 2.56. The van der Waals surface area contributed by atoms with Gasteiger partial charge in [-0.1, -0.05) is 12.2 Å². The van der Waals surface area contributed by atoms with Gasteiger partial charge in [-0.15, -0.1) is 0 Å². The number of hydrogen-bond acceptors (Lipinski definition) is 4. The van der Waals surface area contributed by atoms with Crippen molar-refractivity contribution in [1.82, 2.24) is 4.31 Å². The van der Waals surface area contributed by atoms with Crippen LogP contribution >= 0.6 is 0 Å². The number of hydrogen-bond donors (Lipinski definition) is 0. The number of nitrogens with zero attached hydrogens (tertiary/aromatic N) is 1. The van der Waals surface area contributed by atoms with E-state index >= 15 is 0 Å². The molecule has 1 aliphatic rings. The van der Waals surface area contributed by atoms with Crippen LogP contribution in [0.1, 0.15) is 39.5 Å². The van der Waals surface area contributed by atoms with Crippen LogP contribution in [0.3, 0.4) is 0 Å². The van der Waals surface area contributed by atoms with Crippen molar-refractivity contribution in [3.63, 3.8) is 0 Å². The van der Waals surface area contributed by atoms with Crippen molar-refractivity contribution >= 4 is 10.0 Å². The van der Waals surface area contributed by atoms with Gasteiger partial charge in [-0.25, -0.2) is 8.42 Å². The average molecular weight is 353 g/mol. The highest BCUT2D eigenvalue weighted by Gasteiger charge is 2.30. The largest absolute Gasteiger partial charge is 0.497 e. The molecule has 0 atom stereocenters.